The largest absolute Gasteiger partial charge is 0.472 e. The summed E-state index contributed by atoms with van der Waals surface area (Å²) in [5.74, 6) is 0.454. The maximum atomic E-state index is 11.9. The van der Waals surface area contributed by atoms with Gasteiger partial charge in [-0.15, -0.1) is 0 Å². The first-order valence-corrected chi connectivity index (χ1v) is 8.76. The van der Waals surface area contributed by atoms with Gasteiger partial charge in [-0.25, -0.2) is 4.79 Å². The number of urea groups is 1. The SMILES string of the molecule is CCN(CC)c1ccc(NC(=O)NCOc2ccc(Cl)cc2Cl)cc1. The molecule has 2 N–H and O–H groups in total. The van der Waals surface area contributed by atoms with Crippen LogP contribution in [0.15, 0.2) is 42.5 Å². The van der Waals surface area contributed by atoms with E-state index in [0.717, 1.165) is 18.8 Å². The number of anilines is 2. The Balaban J connectivity index is 1.82. The van der Waals surface area contributed by atoms with Crippen molar-refractivity contribution in [1.82, 2.24) is 5.32 Å². The van der Waals surface area contributed by atoms with Gasteiger partial charge in [-0.05, 0) is 56.3 Å². The zero-order chi connectivity index (χ0) is 18.2. The third kappa shape index (κ3) is 5.73. The summed E-state index contributed by atoms with van der Waals surface area (Å²) in [6, 6.07) is 12.2. The van der Waals surface area contributed by atoms with Crippen molar-refractivity contribution in [3.63, 3.8) is 0 Å². The van der Waals surface area contributed by atoms with Gasteiger partial charge in [0.15, 0.2) is 6.73 Å². The second-order valence-electron chi connectivity index (χ2n) is 5.21. The molecule has 0 unspecified atom stereocenters. The lowest BCUT2D eigenvalue weighted by atomic mass is 10.2. The van der Waals surface area contributed by atoms with Gasteiger partial charge in [0.05, 0.1) is 5.02 Å². The zero-order valence-electron chi connectivity index (χ0n) is 14.2. The summed E-state index contributed by atoms with van der Waals surface area (Å²) in [7, 11) is 0. The minimum atomic E-state index is -0.360. The fourth-order valence-electron chi connectivity index (χ4n) is 2.29. The lowest BCUT2D eigenvalue weighted by Gasteiger charge is -2.21. The van der Waals surface area contributed by atoms with Gasteiger partial charge in [-0.2, -0.15) is 0 Å². The van der Waals surface area contributed by atoms with Gasteiger partial charge in [-0.3, -0.25) is 0 Å². The summed E-state index contributed by atoms with van der Waals surface area (Å²) < 4.78 is 5.41. The number of nitrogens with zero attached hydrogens (tertiary/aromatic N) is 1. The molecule has 0 spiro atoms. The van der Waals surface area contributed by atoms with Crippen molar-refractivity contribution >= 4 is 40.6 Å². The molecule has 2 amide bonds. The van der Waals surface area contributed by atoms with E-state index in [4.69, 9.17) is 27.9 Å². The first-order valence-electron chi connectivity index (χ1n) is 8.01. The average molecular weight is 382 g/mol. The van der Waals surface area contributed by atoms with Gasteiger partial charge in [0.25, 0.3) is 0 Å². The highest BCUT2D eigenvalue weighted by Crippen LogP contribution is 2.27. The molecule has 0 heterocycles. The predicted octanol–water partition coefficient (Wildman–Crippen LogP) is 5.00. The fourth-order valence-corrected chi connectivity index (χ4v) is 2.75. The van der Waals surface area contributed by atoms with Crippen molar-refractivity contribution < 1.29 is 9.53 Å². The molecule has 2 aromatic carbocycles. The molecule has 0 aromatic heterocycles. The number of benzene rings is 2. The molecule has 7 heteroatoms. The topological polar surface area (TPSA) is 53.6 Å². The van der Waals surface area contributed by atoms with E-state index < -0.39 is 0 Å². The first kappa shape index (κ1) is 19.2. The van der Waals surface area contributed by atoms with Crippen molar-refractivity contribution in [3.8, 4) is 5.75 Å². The van der Waals surface area contributed by atoms with E-state index >= 15 is 0 Å². The molecule has 0 bridgehead atoms. The minimum absolute atomic E-state index is 0.00921. The number of amides is 2. The number of hydrogen-bond donors (Lipinski definition) is 2. The Labute approximate surface area is 157 Å². The van der Waals surface area contributed by atoms with Crippen LogP contribution in [0, 0.1) is 0 Å². The predicted molar refractivity (Wildman–Crippen MR) is 104 cm³/mol. The second-order valence-corrected chi connectivity index (χ2v) is 6.06. The number of halogens is 2. The molecule has 0 fully saturated rings. The van der Waals surface area contributed by atoms with E-state index in [1.165, 1.54) is 0 Å². The third-order valence-corrected chi connectivity index (χ3v) is 4.14. The maximum Gasteiger partial charge on any atom is 0.321 e. The van der Waals surface area contributed by atoms with Gasteiger partial charge in [0.1, 0.15) is 5.75 Å². The van der Waals surface area contributed by atoms with Gasteiger partial charge >= 0.3 is 6.03 Å². The number of nitrogens with one attached hydrogen (secondary N) is 2. The Hall–Kier alpha value is -2.11. The highest BCUT2D eigenvalue weighted by atomic mass is 35.5. The molecule has 0 aliphatic heterocycles. The molecule has 0 saturated heterocycles. The molecule has 0 aliphatic rings. The van der Waals surface area contributed by atoms with Gasteiger partial charge in [0, 0.05) is 29.5 Å². The van der Waals surface area contributed by atoms with Crippen LogP contribution in [0.1, 0.15) is 13.8 Å². The quantitative estimate of drug-likeness (QED) is 0.663. The molecule has 0 aliphatic carbocycles. The van der Waals surface area contributed by atoms with Crippen LogP contribution in [-0.2, 0) is 0 Å². The maximum absolute atomic E-state index is 11.9. The lowest BCUT2D eigenvalue weighted by molar-refractivity contribution is 0.234. The Bertz CT molecular complexity index is 704. The van der Waals surface area contributed by atoms with Gasteiger partial charge < -0.3 is 20.3 Å². The smallest absolute Gasteiger partial charge is 0.321 e. The fraction of sp³-hybridized carbons (Fsp3) is 0.278. The summed E-state index contributed by atoms with van der Waals surface area (Å²) in [6.45, 7) is 6.08. The molecule has 2 aromatic rings. The highest BCUT2D eigenvalue weighted by molar-refractivity contribution is 6.35. The number of carbonyl (C=O) groups is 1. The summed E-state index contributed by atoms with van der Waals surface area (Å²) in [6.07, 6.45) is 0. The van der Waals surface area contributed by atoms with Crippen LogP contribution in [0.25, 0.3) is 0 Å². The summed E-state index contributed by atoms with van der Waals surface area (Å²) >= 11 is 11.8. The standard InChI is InChI=1S/C18H21Cl2N3O2/c1-3-23(4-2)15-8-6-14(7-9-15)22-18(24)21-12-25-17-10-5-13(19)11-16(17)20/h5-11H,3-4,12H2,1-2H3,(H2,21,22,24). The van der Waals surface area contributed by atoms with Crippen molar-refractivity contribution in [2.75, 3.05) is 30.0 Å². The van der Waals surface area contributed by atoms with E-state index in [0.29, 0.717) is 21.5 Å². The molecule has 5 nitrogen and oxygen atoms in total. The van der Waals surface area contributed by atoms with E-state index in [2.05, 4.69) is 29.4 Å². The average Bonchev–Trinajstić information content (AvgIpc) is 2.59. The van der Waals surface area contributed by atoms with E-state index in [1.54, 1.807) is 18.2 Å². The second kappa shape index (κ2) is 9.39. The number of ether oxygens (including phenoxy) is 1. The van der Waals surface area contributed by atoms with Crippen LogP contribution in [0.3, 0.4) is 0 Å². The van der Waals surface area contributed by atoms with Crippen LogP contribution < -0.4 is 20.3 Å². The Morgan fingerprint density at radius 1 is 1.08 bits per heavy atom. The number of hydrogen-bond acceptors (Lipinski definition) is 3. The van der Waals surface area contributed by atoms with E-state index in [9.17, 15) is 4.79 Å². The zero-order valence-corrected chi connectivity index (χ0v) is 15.7. The molecule has 0 radical (unpaired) electrons. The van der Waals surface area contributed by atoms with Crippen molar-refractivity contribution in [2.24, 2.45) is 0 Å². The molecule has 2 rings (SSSR count). The summed E-state index contributed by atoms with van der Waals surface area (Å²) in [5, 5.41) is 6.27. The Morgan fingerprint density at radius 3 is 2.36 bits per heavy atom. The lowest BCUT2D eigenvalue weighted by Crippen LogP contribution is -2.32. The Morgan fingerprint density at radius 2 is 1.76 bits per heavy atom. The molecule has 134 valence electrons. The van der Waals surface area contributed by atoms with E-state index in [1.807, 2.05) is 24.3 Å². The molecule has 0 saturated carbocycles. The highest BCUT2D eigenvalue weighted by Gasteiger charge is 2.06. The normalized spacial score (nSPS) is 10.2. The third-order valence-electron chi connectivity index (χ3n) is 3.61. The van der Waals surface area contributed by atoms with Crippen molar-refractivity contribution in [2.45, 2.75) is 13.8 Å². The minimum Gasteiger partial charge on any atom is -0.472 e. The van der Waals surface area contributed by atoms with Crippen LogP contribution >= 0.6 is 23.2 Å². The monoisotopic (exact) mass is 381 g/mol. The number of carbonyl (C=O) groups excluding carboxylic acids is 1. The van der Waals surface area contributed by atoms with Crippen LogP contribution in [0.5, 0.6) is 5.75 Å². The Kier molecular flexibility index (Phi) is 7.22. The van der Waals surface area contributed by atoms with Crippen molar-refractivity contribution in [1.29, 1.82) is 0 Å². The molecular formula is C18H21Cl2N3O2. The van der Waals surface area contributed by atoms with Crippen LogP contribution in [-0.4, -0.2) is 25.9 Å². The summed E-state index contributed by atoms with van der Waals surface area (Å²) in [4.78, 5) is 14.1. The van der Waals surface area contributed by atoms with Crippen LogP contribution in [0.4, 0.5) is 16.2 Å². The molecule has 0 atom stereocenters. The number of rotatable bonds is 7. The van der Waals surface area contributed by atoms with Gasteiger partial charge in [-0.1, -0.05) is 23.2 Å². The first-order chi connectivity index (χ1) is 12.0. The van der Waals surface area contributed by atoms with Crippen molar-refractivity contribution in [3.05, 3.63) is 52.5 Å². The molecule has 25 heavy (non-hydrogen) atoms. The van der Waals surface area contributed by atoms with Crippen LogP contribution in [0.2, 0.25) is 10.0 Å². The summed E-state index contributed by atoms with van der Waals surface area (Å²) in [5.41, 5.74) is 1.83. The molecular weight excluding hydrogens is 361 g/mol. The van der Waals surface area contributed by atoms with E-state index in [-0.39, 0.29) is 12.8 Å². The van der Waals surface area contributed by atoms with Gasteiger partial charge in [0.2, 0.25) is 0 Å².